The van der Waals surface area contributed by atoms with Gasteiger partial charge >= 0.3 is 5.97 Å². The lowest BCUT2D eigenvalue weighted by molar-refractivity contribution is -0.227. The van der Waals surface area contributed by atoms with Gasteiger partial charge in [-0.05, 0) is 12.1 Å². The van der Waals surface area contributed by atoms with E-state index in [0.29, 0.717) is 5.56 Å². The summed E-state index contributed by atoms with van der Waals surface area (Å²) in [6.07, 6.45) is 1.43. The molecular weight excluding hydrogens is 172 g/mol. The van der Waals surface area contributed by atoms with E-state index in [1.54, 1.807) is 30.3 Å². The van der Waals surface area contributed by atoms with Crippen molar-refractivity contribution in [2.24, 2.45) is 0 Å². The monoisotopic (exact) mass is 179 g/mol. The van der Waals surface area contributed by atoms with Crippen molar-refractivity contribution >= 4 is 12.3 Å². The molecular formula is C9H7O4. The molecule has 0 aliphatic rings. The van der Waals surface area contributed by atoms with E-state index in [1.807, 2.05) is 0 Å². The van der Waals surface area contributed by atoms with Crippen molar-refractivity contribution in [3.8, 4) is 0 Å². The van der Waals surface area contributed by atoms with Crippen molar-refractivity contribution in [1.29, 1.82) is 0 Å². The van der Waals surface area contributed by atoms with Crippen LogP contribution in [-0.4, -0.2) is 18.9 Å². The molecule has 0 N–H and O–H groups in total. The summed E-state index contributed by atoms with van der Waals surface area (Å²) in [4.78, 5) is 29.2. The van der Waals surface area contributed by atoms with Gasteiger partial charge in [0.1, 0.15) is 0 Å². The number of benzene rings is 1. The normalized spacial score (nSPS) is 9.23. The Balaban J connectivity index is 2.45. The second-order valence-electron chi connectivity index (χ2n) is 2.14. The molecule has 0 atom stereocenters. The van der Waals surface area contributed by atoms with Gasteiger partial charge in [-0.1, -0.05) is 18.2 Å². The molecule has 0 aromatic heterocycles. The van der Waals surface area contributed by atoms with Crippen LogP contribution in [0.3, 0.4) is 0 Å². The van der Waals surface area contributed by atoms with Crippen molar-refractivity contribution in [1.82, 2.24) is 0 Å². The Bertz CT molecular complexity index is 281. The molecule has 0 saturated carbocycles. The quantitative estimate of drug-likeness (QED) is 0.391. The average molecular weight is 179 g/mol. The molecule has 1 radical (unpaired) electrons. The van der Waals surface area contributed by atoms with Crippen molar-refractivity contribution < 1.29 is 19.4 Å². The predicted molar refractivity (Wildman–Crippen MR) is 43.5 cm³/mol. The molecule has 0 aliphatic heterocycles. The molecule has 0 fully saturated rings. The molecule has 4 heteroatoms. The Morgan fingerprint density at radius 2 is 2.00 bits per heavy atom. The lowest BCUT2D eigenvalue weighted by Crippen LogP contribution is -2.06. The van der Waals surface area contributed by atoms with Gasteiger partial charge in [0.2, 0.25) is 6.29 Å². The topological polar surface area (TPSA) is 52.6 Å². The molecule has 1 rings (SSSR count). The number of carbonyl (C=O) groups excluding carboxylic acids is 2. The van der Waals surface area contributed by atoms with Gasteiger partial charge in [0.25, 0.3) is 0 Å². The van der Waals surface area contributed by atoms with Gasteiger partial charge in [0.05, 0.1) is 5.56 Å². The van der Waals surface area contributed by atoms with Crippen LogP contribution in [0.5, 0.6) is 0 Å². The molecule has 0 bridgehead atoms. The van der Waals surface area contributed by atoms with Crippen LogP contribution >= 0.6 is 0 Å². The SMILES string of the molecule is O=[C]COOC(=O)c1ccccc1. The summed E-state index contributed by atoms with van der Waals surface area (Å²) in [7, 11) is 0. The van der Waals surface area contributed by atoms with Crippen LogP contribution < -0.4 is 0 Å². The van der Waals surface area contributed by atoms with Gasteiger partial charge < -0.3 is 0 Å². The zero-order valence-corrected chi connectivity index (χ0v) is 6.73. The highest BCUT2D eigenvalue weighted by molar-refractivity contribution is 5.88. The Hall–Kier alpha value is -1.68. The molecule has 0 amide bonds. The van der Waals surface area contributed by atoms with E-state index in [2.05, 4.69) is 9.78 Å². The first-order chi connectivity index (χ1) is 6.34. The first kappa shape index (κ1) is 9.41. The summed E-state index contributed by atoms with van der Waals surface area (Å²) < 4.78 is 0. The highest BCUT2D eigenvalue weighted by Crippen LogP contribution is 2.00. The number of carbonyl (C=O) groups is 1. The smallest absolute Gasteiger partial charge is 0.292 e. The Morgan fingerprint density at radius 1 is 1.31 bits per heavy atom. The van der Waals surface area contributed by atoms with E-state index in [4.69, 9.17) is 0 Å². The number of hydrogen-bond acceptors (Lipinski definition) is 4. The third-order valence-corrected chi connectivity index (χ3v) is 1.26. The average Bonchev–Trinajstić information content (AvgIpc) is 2.19. The minimum absolute atomic E-state index is 0.369. The molecule has 13 heavy (non-hydrogen) atoms. The molecule has 67 valence electrons. The van der Waals surface area contributed by atoms with Crippen LogP contribution in [0.15, 0.2) is 30.3 Å². The van der Waals surface area contributed by atoms with Gasteiger partial charge in [-0.3, -0.25) is 9.68 Å². The third kappa shape index (κ3) is 3.04. The van der Waals surface area contributed by atoms with Gasteiger partial charge in [-0.15, -0.1) is 0 Å². The van der Waals surface area contributed by atoms with Crippen LogP contribution in [0.2, 0.25) is 0 Å². The summed E-state index contributed by atoms with van der Waals surface area (Å²) in [6.45, 7) is -0.376. The molecule has 1 aromatic carbocycles. The minimum Gasteiger partial charge on any atom is -0.292 e. The number of rotatable bonds is 4. The summed E-state index contributed by atoms with van der Waals surface area (Å²) in [6, 6.07) is 8.33. The van der Waals surface area contributed by atoms with E-state index in [9.17, 15) is 9.59 Å². The maximum atomic E-state index is 11.0. The fraction of sp³-hybridized carbons (Fsp3) is 0.111. The fourth-order valence-electron chi connectivity index (χ4n) is 0.729. The van der Waals surface area contributed by atoms with E-state index in [-0.39, 0.29) is 6.61 Å². The van der Waals surface area contributed by atoms with Crippen molar-refractivity contribution in [2.45, 2.75) is 0 Å². The maximum Gasteiger partial charge on any atom is 0.373 e. The zero-order chi connectivity index (χ0) is 9.52. The zero-order valence-electron chi connectivity index (χ0n) is 6.73. The van der Waals surface area contributed by atoms with Crippen molar-refractivity contribution in [3.63, 3.8) is 0 Å². The Kier molecular flexibility index (Phi) is 3.66. The van der Waals surface area contributed by atoms with E-state index in [0.717, 1.165) is 0 Å². The summed E-state index contributed by atoms with van der Waals surface area (Å²) >= 11 is 0. The highest BCUT2D eigenvalue weighted by Gasteiger charge is 2.06. The lowest BCUT2D eigenvalue weighted by atomic mass is 10.2. The molecule has 1 aromatic rings. The summed E-state index contributed by atoms with van der Waals surface area (Å²) in [5.41, 5.74) is 0.369. The van der Waals surface area contributed by atoms with E-state index >= 15 is 0 Å². The highest BCUT2D eigenvalue weighted by atomic mass is 17.2. The van der Waals surface area contributed by atoms with Crippen LogP contribution in [0.4, 0.5) is 0 Å². The van der Waals surface area contributed by atoms with Crippen LogP contribution in [-0.2, 0) is 14.6 Å². The van der Waals surface area contributed by atoms with Crippen LogP contribution in [0.25, 0.3) is 0 Å². The van der Waals surface area contributed by atoms with E-state index < -0.39 is 5.97 Å². The molecule has 0 heterocycles. The van der Waals surface area contributed by atoms with Crippen LogP contribution in [0, 0.1) is 0 Å². The molecule has 0 aliphatic carbocycles. The Labute approximate surface area is 75.0 Å². The molecule has 0 saturated heterocycles. The first-order valence-electron chi connectivity index (χ1n) is 3.58. The van der Waals surface area contributed by atoms with Crippen LogP contribution in [0.1, 0.15) is 10.4 Å². The van der Waals surface area contributed by atoms with Gasteiger partial charge in [0.15, 0.2) is 6.61 Å². The van der Waals surface area contributed by atoms with Crippen molar-refractivity contribution in [2.75, 3.05) is 6.61 Å². The van der Waals surface area contributed by atoms with E-state index in [1.165, 1.54) is 6.29 Å². The largest absolute Gasteiger partial charge is 0.373 e. The molecule has 4 nitrogen and oxygen atoms in total. The van der Waals surface area contributed by atoms with Gasteiger partial charge in [-0.25, -0.2) is 4.79 Å². The molecule has 0 unspecified atom stereocenters. The summed E-state index contributed by atoms with van der Waals surface area (Å²) in [5, 5.41) is 0. The standard InChI is InChI=1S/C9H7O4/c10-6-7-12-13-9(11)8-4-2-1-3-5-8/h1-5H,7H2. The molecule has 0 spiro atoms. The van der Waals surface area contributed by atoms with Gasteiger partial charge in [-0.2, -0.15) is 4.89 Å². The summed E-state index contributed by atoms with van der Waals surface area (Å²) in [5.74, 6) is -0.629. The first-order valence-corrected chi connectivity index (χ1v) is 3.58. The Morgan fingerprint density at radius 3 is 2.62 bits per heavy atom. The minimum atomic E-state index is -0.629. The predicted octanol–water partition coefficient (Wildman–Crippen LogP) is 0.885. The van der Waals surface area contributed by atoms with Crippen molar-refractivity contribution in [3.05, 3.63) is 35.9 Å². The third-order valence-electron chi connectivity index (χ3n) is 1.26. The maximum absolute atomic E-state index is 11.0. The fourth-order valence-corrected chi connectivity index (χ4v) is 0.729. The second kappa shape index (κ2) is 5.05. The second-order valence-corrected chi connectivity index (χ2v) is 2.14. The van der Waals surface area contributed by atoms with Gasteiger partial charge in [0, 0.05) is 0 Å². The lowest BCUT2D eigenvalue weighted by Gasteiger charge is -1.99. The number of hydrogen-bond donors (Lipinski definition) is 0.